The van der Waals surface area contributed by atoms with Crippen LogP contribution >= 0.6 is 22.6 Å². The predicted octanol–water partition coefficient (Wildman–Crippen LogP) is 2.83. The van der Waals surface area contributed by atoms with Crippen LogP contribution in [0.5, 0.6) is 0 Å². The molecule has 0 amide bonds. The Morgan fingerprint density at radius 3 is 2.64 bits per heavy atom. The van der Waals surface area contributed by atoms with E-state index in [9.17, 15) is 14.7 Å². The fraction of sp³-hybridized carbons (Fsp3) is 0.0588. The number of halogens is 1. The predicted molar refractivity (Wildman–Crippen MR) is 94.0 cm³/mol. The summed E-state index contributed by atoms with van der Waals surface area (Å²) in [5, 5.41) is 10.2. The lowest BCUT2D eigenvalue weighted by molar-refractivity contribution is -0.137. The van der Waals surface area contributed by atoms with Gasteiger partial charge in [-0.25, -0.2) is 0 Å². The summed E-state index contributed by atoms with van der Waals surface area (Å²) >= 11 is 2.09. The maximum absolute atomic E-state index is 12.7. The molecular formula is C17H10INO3. The third-order valence-corrected chi connectivity index (χ3v) is 4.42. The molecular weight excluding hydrogens is 393 g/mol. The number of rotatable bonds is 2. The lowest BCUT2D eigenvalue weighted by atomic mass is 10.1. The molecule has 0 aliphatic carbocycles. The van der Waals surface area contributed by atoms with Crippen LogP contribution in [0.15, 0.2) is 41.2 Å². The first-order valence-electron chi connectivity index (χ1n) is 6.46. The van der Waals surface area contributed by atoms with Crippen molar-refractivity contribution in [1.29, 1.82) is 0 Å². The highest BCUT2D eigenvalue weighted by atomic mass is 127. The van der Waals surface area contributed by atoms with Gasteiger partial charge in [-0.2, -0.15) is 0 Å². The van der Waals surface area contributed by atoms with Crippen LogP contribution in [0.25, 0.3) is 21.8 Å². The van der Waals surface area contributed by atoms with Crippen molar-refractivity contribution in [2.24, 2.45) is 0 Å². The number of fused-ring (bicyclic) bond motifs is 2. The smallest absolute Gasteiger partial charge is 0.323 e. The van der Waals surface area contributed by atoms with Crippen molar-refractivity contribution < 1.29 is 9.90 Å². The third kappa shape index (κ3) is 2.16. The van der Waals surface area contributed by atoms with E-state index in [-0.39, 0.29) is 12.0 Å². The van der Waals surface area contributed by atoms with E-state index in [1.165, 1.54) is 0 Å². The highest BCUT2D eigenvalue weighted by Gasteiger charge is 2.16. The Hall–Kier alpha value is -2.33. The second-order valence-electron chi connectivity index (χ2n) is 4.79. The van der Waals surface area contributed by atoms with Crippen LogP contribution in [-0.4, -0.2) is 15.6 Å². The van der Waals surface area contributed by atoms with Crippen LogP contribution in [0.3, 0.4) is 0 Å². The van der Waals surface area contributed by atoms with E-state index in [4.69, 9.17) is 6.42 Å². The minimum absolute atomic E-state index is 0.139. The summed E-state index contributed by atoms with van der Waals surface area (Å²) in [4.78, 5) is 23.9. The Labute approximate surface area is 139 Å². The van der Waals surface area contributed by atoms with Crippen molar-refractivity contribution in [3.63, 3.8) is 0 Å². The number of pyridine rings is 1. The number of benzene rings is 2. The van der Waals surface area contributed by atoms with Gasteiger partial charge < -0.3 is 9.67 Å². The standard InChI is InChI=1S/C17H10INO3/c1-2-10-13(18)8-7-12-16(10)19(9-15(20)21)14-6-4-3-5-11(14)17(12)22/h1,3-8H,9H2,(H,20,21). The molecule has 3 aromatic rings. The van der Waals surface area contributed by atoms with Crippen LogP contribution in [0, 0.1) is 15.9 Å². The summed E-state index contributed by atoms with van der Waals surface area (Å²) in [7, 11) is 0. The molecule has 1 aromatic heterocycles. The molecule has 0 saturated carbocycles. The summed E-state index contributed by atoms with van der Waals surface area (Å²) < 4.78 is 2.41. The fourth-order valence-electron chi connectivity index (χ4n) is 2.63. The summed E-state index contributed by atoms with van der Waals surface area (Å²) in [5.41, 5.74) is 1.48. The number of aromatic nitrogens is 1. The van der Waals surface area contributed by atoms with Crippen molar-refractivity contribution >= 4 is 50.4 Å². The molecule has 1 N–H and O–H groups in total. The zero-order valence-electron chi connectivity index (χ0n) is 11.3. The van der Waals surface area contributed by atoms with Crippen LogP contribution in [0.4, 0.5) is 0 Å². The molecule has 0 saturated heterocycles. The van der Waals surface area contributed by atoms with Gasteiger partial charge >= 0.3 is 5.97 Å². The molecule has 0 atom stereocenters. The van der Waals surface area contributed by atoms with E-state index in [2.05, 4.69) is 28.5 Å². The molecule has 0 bridgehead atoms. The Bertz CT molecular complexity index is 1030. The lowest BCUT2D eigenvalue weighted by Crippen LogP contribution is -2.17. The number of para-hydroxylation sites is 1. The second kappa shape index (κ2) is 5.46. The molecule has 0 radical (unpaired) electrons. The normalized spacial score (nSPS) is 10.7. The van der Waals surface area contributed by atoms with Crippen molar-refractivity contribution in [2.45, 2.75) is 6.54 Å². The molecule has 1 heterocycles. The quantitative estimate of drug-likeness (QED) is 0.407. The monoisotopic (exact) mass is 403 g/mol. The molecule has 2 aromatic carbocycles. The molecule has 0 fully saturated rings. The van der Waals surface area contributed by atoms with Crippen LogP contribution in [0.2, 0.25) is 0 Å². The van der Waals surface area contributed by atoms with E-state index in [1.807, 2.05) is 0 Å². The highest BCUT2D eigenvalue weighted by Crippen LogP contribution is 2.25. The van der Waals surface area contributed by atoms with Gasteiger partial charge in [-0.3, -0.25) is 9.59 Å². The minimum Gasteiger partial charge on any atom is -0.480 e. The van der Waals surface area contributed by atoms with Gasteiger partial charge in [0.2, 0.25) is 0 Å². The summed E-state index contributed by atoms with van der Waals surface area (Å²) in [6.07, 6.45) is 5.59. The van der Waals surface area contributed by atoms with Crippen LogP contribution in [0.1, 0.15) is 5.56 Å². The van der Waals surface area contributed by atoms with Gasteiger partial charge in [0, 0.05) is 14.3 Å². The third-order valence-electron chi connectivity index (χ3n) is 3.52. The van der Waals surface area contributed by atoms with Gasteiger partial charge in [0.05, 0.1) is 16.6 Å². The van der Waals surface area contributed by atoms with E-state index in [0.29, 0.717) is 27.4 Å². The largest absolute Gasteiger partial charge is 0.480 e. The SMILES string of the molecule is C#Cc1c(I)ccc2c(=O)c3ccccc3n(CC(=O)O)c12. The first-order chi connectivity index (χ1) is 10.5. The summed E-state index contributed by atoms with van der Waals surface area (Å²) in [6, 6.07) is 10.4. The van der Waals surface area contributed by atoms with Crippen molar-refractivity contribution in [3.05, 3.63) is 55.8 Å². The summed E-state index contributed by atoms with van der Waals surface area (Å²) in [5.74, 6) is 1.59. The summed E-state index contributed by atoms with van der Waals surface area (Å²) in [6.45, 7) is -0.258. The van der Waals surface area contributed by atoms with Gasteiger partial charge in [-0.1, -0.05) is 18.1 Å². The van der Waals surface area contributed by atoms with Crippen LogP contribution in [-0.2, 0) is 11.3 Å². The Morgan fingerprint density at radius 2 is 1.95 bits per heavy atom. The Balaban J connectivity index is 2.66. The van der Waals surface area contributed by atoms with Gasteiger partial charge in [0.1, 0.15) is 6.54 Å². The Morgan fingerprint density at radius 1 is 1.23 bits per heavy atom. The van der Waals surface area contributed by atoms with E-state index >= 15 is 0 Å². The second-order valence-corrected chi connectivity index (χ2v) is 5.95. The number of aliphatic carboxylic acids is 1. The average Bonchev–Trinajstić information content (AvgIpc) is 2.51. The van der Waals surface area contributed by atoms with Crippen molar-refractivity contribution in [1.82, 2.24) is 4.57 Å². The molecule has 3 rings (SSSR count). The molecule has 0 aliphatic heterocycles. The topological polar surface area (TPSA) is 59.3 Å². The fourth-order valence-corrected chi connectivity index (χ4v) is 3.22. The number of nitrogens with zero attached hydrogens (tertiary/aromatic N) is 1. The van der Waals surface area contributed by atoms with E-state index in [1.54, 1.807) is 41.0 Å². The first kappa shape index (κ1) is 14.6. The highest BCUT2D eigenvalue weighted by molar-refractivity contribution is 14.1. The number of terminal acetylenes is 1. The van der Waals surface area contributed by atoms with Crippen molar-refractivity contribution in [2.75, 3.05) is 0 Å². The zero-order valence-corrected chi connectivity index (χ0v) is 13.5. The maximum atomic E-state index is 12.7. The Kier molecular flexibility index (Phi) is 3.62. The van der Waals surface area contributed by atoms with Gasteiger partial charge in [-0.05, 0) is 46.9 Å². The number of carbonyl (C=O) groups is 1. The van der Waals surface area contributed by atoms with E-state index < -0.39 is 5.97 Å². The lowest BCUT2D eigenvalue weighted by Gasteiger charge is -2.15. The number of carboxylic acid groups (broad SMARTS) is 1. The average molecular weight is 403 g/mol. The van der Waals surface area contributed by atoms with E-state index in [0.717, 1.165) is 3.57 Å². The van der Waals surface area contributed by atoms with Gasteiger partial charge in [0.25, 0.3) is 0 Å². The first-order valence-corrected chi connectivity index (χ1v) is 7.54. The van der Waals surface area contributed by atoms with Crippen LogP contribution < -0.4 is 5.43 Å². The molecule has 0 spiro atoms. The number of carboxylic acids is 1. The molecule has 4 nitrogen and oxygen atoms in total. The van der Waals surface area contributed by atoms with Crippen molar-refractivity contribution in [3.8, 4) is 12.3 Å². The molecule has 5 heteroatoms. The minimum atomic E-state index is -0.989. The number of hydrogen-bond acceptors (Lipinski definition) is 2. The van der Waals surface area contributed by atoms with Gasteiger partial charge in [-0.15, -0.1) is 6.42 Å². The maximum Gasteiger partial charge on any atom is 0.323 e. The molecule has 108 valence electrons. The molecule has 0 aliphatic rings. The number of hydrogen-bond donors (Lipinski definition) is 1. The van der Waals surface area contributed by atoms with Gasteiger partial charge in [0.15, 0.2) is 5.43 Å². The molecule has 22 heavy (non-hydrogen) atoms. The zero-order chi connectivity index (χ0) is 15.9. The molecule has 0 unspecified atom stereocenters.